The van der Waals surface area contributed by atoms with Crippen LogP contribution in [-0.2, 0) is 11.3 Å². The normalized spacial score (nSPS) is 10.7. The van der Waals surface area contributed by atoms with E-state index in [9.17, 15) is 4.79 Å². The summed E-state index contributed by atoms with van der Waals surface area (Å²) < 4.78 is 7.40. The molecular formula is C22H18N2O2S. The number of rotatable bonds is 5. The van der Waals surface area contributed by atoms with Gasteiger partial charge in [0, 0.05) is 17.3 Å². The van der Waals surface area contributed by atoms with Gasteiger partial charge < -0.3 is 4.74 Å². The van der Waals surface area contributed by atoms with Gasteiger partial charge in [0.15, 0.2) is 0 Å². The lowest BCUT2D eigenvalue weighted by atomic mass is 10.1. The molecule has 0 fully saturated rings. The molecule has 0 aliphatic heterocycles. The number of hydrogen-bond donors (Lipinski definition) is 0. The van der Waals surface area contributed by atoms with Crippen molar-refractivity contribution in [2.75, 3.05) is 0 Å². The third-order valence-corrected chi connectivity index (χ3v) is 5.26. The molecule has 0 atom stereocenters. The summed E-state index contributed by atoms with van der Waals surface area (Å²) >= 11 is 1.40. The summed E-state index contributed by atoms with van der Waals surface area (Å²) in [6, 6.07) is 21.7. The second-order valence-corrected chi connectivity index (χ2v) is 7.07. The first kappa shape index (κ1) is 17.2. The van der Waals surface area contributed by atoms with E-state index < -0.39 is 0 Å². The molecule has 4 rings (SSSR count). The maximum Gasteiger partial charge on any atom is 0.348 e. The molecule has 0 saturated heterocycles. The Morgan fingerprint density at radius 2 is 1.74 bits per heavy atom. The molecule has 0 aliphatic rings. The SMILES string of the molecule is Cc1ccsc1C(=O)OCc1cn(-c2ccccc2)nc1-c1ccccc1. The molecule has 0 radical (unpaired) electrons. The molecule has 2 aromatic heterocycles. The van der Waals surface area contributed by atoms with E-state index >= 15 is 0 Å². The number of ether oxygens (including phenoxy) is 1. The molecule has 2 heterocycles. The van der Waals surface area contributed by atoms with Crippen LogP contribution < -0.4 is 0 Å². The van der Waals surface area contributed by atoms with Crippen LogP contribution in [0.3, 0.4) is 0 Å². The molecule has 4 nitrogen and oxygen atoms in total. The van der Waals surface area contributed by atoms with Gasteiger partial charge in [0.2, 0.25) is 0 Å². The number of nitrogens with zero attached hydrogens (tertiary/aromatic N) is 2. The summed E-state index contributed by atoms with van der Waals surface area (Å²) in [4.78, 5) is 13.0. The Kier molecular flexibility index (Phi) is 4.85. The zero-order valence-electron chi connectivity index (χ0n) is 14.8. The molecule has 0 bridgehead atoms. The number of carbonyl (C=O) groups excluding carboxylic acids is 1. The minimum absolute atomic E-state index is 0.174. The Morgan fingerprint density at radius 3 is 2.41 bits per heavy atom. The van der Waals surface area contributed by atoms with E-state index in [-0.39, 0.29) is 12.6 Å². The first-order valence-electron chi connectivity index (χ1n) is 8.63. The van der Waals surface area contributed by atoms with Gasteiger partial charge >= 0.3 is 5.97 Å². The van der Waals surface area contributed by atoms with Crippen molar-refractivity contribution in [1.82, 2.24) is 9.78 Å². The Bertz CT molecular complexity index is 1050. The zero-order chi connectivity index (χ0) is 18.6. The molecule has 0 unspecified atom stereocenters. The number of thiophene rings is 1. The van der Waals surface area contributed by atoms with E-state index in [1.807, 2.05) is 89.9 Å². The Hall–Kier alpha value is -3.18. The topological polar surface area (TPSA) is 44.1 Å². The van der Waals surface area contributed by atoms with Crippen LogP contribution >= 0.6 is 11.3 Å². The number of aryl methyl sites for hydroxylation is 1. The summed E-state index contributed by atoms with van der Waals surface area (Å²) in [6.07, 6.45) is 1.92. The van der Waals surface area contributed by atoms with Crippen molar-refractivity contribution in [3.05, 3.63) is 94.3 Å². The summed E-state index contributed by atoms with van der Waals surface area (Å²) in [7, 11) is 0. The lowest BCUT2D eigenvalue weighted by molar-refractivity contribution is 0.0478. The van der Waals surface area contributed by atoms with Crippen molar-refractivity contribution in [3.63, 3.8) is 0 Å². The molecule has 0 N–H and O–H groups in total. The standard InChI is InChI=1S/C22H18N2O2S/c1-16-12-13-27-21(16)22(25)26-15-18-14-24(19-10-6-3-7-11-19)23-20(18)17-8-4-2-5-9-17/h2-14H,15H2,1H3. The summed E-state index contributed by atoms with van der Waals surface area (Å²) in [5.74, 6) is -0.297. The summed E-state index contributed by atoms with van der Waals surface area (Å²) in [5, 5.41) is 6.63. The van der Waals surface area contributed by atoms with Gasteiger partial charge in [0.1, 0.15) is 11.5 Å². The maximum atomic E-state index is 12.4. The molecule has 134 valence electrons. The Morgan fingerprint density at radius 1 is 1.04 bits per heavy atom. The van der Waals surface area contributed by atoms with Gasteiger partial charge in [-0.15, -0.1) is 11.3 Å². The second kappa shape index (κ2) is 7.60. The van der Waals surface area contributed by atoms with Crippen LogP contribution in [0.2, 0.25) is 0 Å². The van der Waals surface area contributed by atoms with Crippen LogP contribution in [-0.4, -0.2) is 15.7 Å². The van der Waals surface area contributed by atoms with Crippen molar-refractivity contribution in [2.45, 2.75) is 13.5 Å². The highest BCUT2D eigenvalue weighted by Gasteiger charge is 2.16. The minimum atomic E-state index is -0.297. The molecule has 2 aromatic carbocycles. The fourth-order valence-corrected chi connectivity index (χ4v) is 3.68. The van der Waals surface area contributed by atoms with E-state index in [4.69, 9.17) is 9.84 Å². The number of para-hydroxylation sites is 1. The van der Waals surface area contributed by atoms with E-state index in [0.29, 0.717) is 4.88 Å². The van der Waals surface area contributed by atoms with E-state index in [1.165, 1.54) is 11.3 Å². The summed E-state index contributed by atoms with van der Waals surface area (Å²) in [6.45, 7) is 2.09. The van der Waals surface area contributed by atoms with Gasteiger partial charge in [0.05, 0.1) is 11.4 Å². The van der Waals surface area contributed by atoms with Gasteiger partial charge in [-0.3, -0.25) is 0 Å². The first-order chi connectivity index (χ1) is 13.2. The molecule has 4 aromatic rings. The van der Waals surface area contributed by atoms with Crippen molar-refractivity contribution in [2.24, 2.45) is 0 Å². The number of aromatic nitrogens is 2. The Labute approximate surface area is 161 Å². The maximum absolute atomic E-state index is 12.4. The third kappa shape index (κ3) is 3.68. The highest BCUT2D eigenvalue weighted by Crippen LogP contribution is 2.25. The van der Waals surface area contributed by atoms with E-state index in [1.54, 1.807) is 0 Å². The number of benzene rings is 2. The molecule has 5 heteroatoms. The fraction of sp³-hybridized carbons (Fsp3) is 0.0909. The molecule has 0 saturated carbocycles. The highest BCUT2D eigenvalue weighted by molar-refractivity contribution is 7.12. The highest BCUT2D eigenvalue weighted by atomic mass is 32.1. The lowest BCUT2D eigenvalue weighted by Gasteiger charge is -2.05. The van der Waals surface area contributed by atoms with E-state index in [0.717, 1.165) is 28.1 Å². The van der Waals surface area contributed by atoms with Crippen LogP contribution in [0, 0.1) is 6.92 Å². The van der Waals surface area contributed by atoms with Gasteiger partial charge in [-0.1, -0.05) is 48.5 Å². The summed E-state index contributed by atoms with van der Waals surface area (Å²) in [5.41, 5.74) is 4.57. The van der Waals surface area contributed by atoms with Gasteiger partial charge in [-0.25, -0.2) is 9.48 Å². The minimum Gasteiger partial charge on any atom is -0.456 e. The number of carbonyl (C=O) groups is 1. The van der Waals surface area contributed by atoms with Gasteiger partial charge in [-0.05, 0) is 36.1 Å². The molecule has 0 spiro atoms. The van der Waals surface area contributed by atoms with Crippen LogP contribution in [0.1, 0.15) is 20.8 Å². The van der Waals surface area contributed by atoms with Crippen LogP contribution in [0.25, 0.3) is 16.9 Å². The van der Waals surface area contributed by atoms with Crippen LogP contribution in [0.4, 0.5) is 0 Å². The van der Waals surface area contributed by atoms with Crippen molar-refractivity contribution in [1.29, 1.82) is 0 Å². The quantitative estimate of drug-likeness (QED) is 0.447. The fourth-order valence-electron chi connectivity index (χ4n) is 2.86. The largest absolute Gasteiger partial charge is 0.456 e. The second-order valence-electron chi connectivity index (χ2n) is 6.16. The predicted octanol–water partition coefficient (Wildman–Crippen LogP) is 5.27. The van der Waals surface area contributed by atoms with Gasteiger partial charge in [0.25, 0.3) is 0 Å². The number of hydrogen-bond acceptors (Lipinski definition) is 4. The average molecular weight is 374 g/mol. The smallest absolute Gasteiger partial charge is 0.348 e. The van der Waals surface area contributed by atoms with Crippen LogP contribution in [0.5, 0.6) is 0 Å². The van der Waals surface area contributed by atoms with E-state index in [2.05, 4.69) is 0 Å². The lowest BCUT2D eigenvalue weighted by Crippen LogP contribution is -2.04. The van der Waals surface area contributed by atoms with Crippen LogP contribution in [0.15, 0.2) is 78.3 Å². The van der Waals surface area contributed by atoms with Crippen molar-refractivity contribution < 1.29 is 9.53 Å². The molecule has 27 heavy (non-hydrogen) atoms. The third-order valence-electron chi connectivity index (χ3n) is 4.26. The molecule has 0 aliphatic carbocycles. The predicted molar refractivity (Wildman–Crippen MR) is 107 cm³/mol. The molecule has 0 amide bonds. The monoisotopic (exact) mass is 374 g/mol. The first-order valence-corrected chi connectivity index (χ1v) is 9.51. The van der Waals surface area contributed by atoms with Crippen molar-refractivity contribution in [3.8, 4) is 16.9 Å². The molecular weight excluding hydrogens is 356 g/mol. The van der Waals surface area contributed by atoms with Gasteiger partial charge in [-0.2, -0.15) is 5.10 Å². The van der Waals surface area contributed by atoms with Crippen molar-refractivity contribution >= 4 is 17.3 Å². The number of esters is 1. The Balaban J connectivity index is 1.65. The zero-order valence-corrected chi connectivity index (χ0v) is 15.6. The average Bonchev–Trinajstić information content (AvgIpc) is 3.34.